The molecule has 0 aliphatic heterocycles. The van der Waals surface area contributed by atoms with Gasteiger partial charge < -0.3 is 4.74 Å². The van der Waals surface area contributed by atoms with Crippen molar-refractivity contribution >= 4 is 16.0 Å². The lowest BCUT2D eigenvalue weighted by atomic mass is 9.46. The van der Waals surface area contributed by atoms with Crippen LogP contribution in [0.2, 0.25) is 0 Å². The number of aryl methyl sites for hydroxylation is 1. The third-order valence-corrected chi connectivity index (χ3v) is 13.7. The molecule has 0 unspecified atom stereocenters. The van der Waals surface area contributed by atoms with E-state index in [1.807, 2.05) is 19.1 Å². The molecule has 234 valence electrons. The Balaban J connectivity index is 1.48. The molecule has 6 heteroatoms. The number of hydrogen-bond acceptors (Lipinski definition) is 4. The van der Waals surface area contributed by atoms with Crippen LogP contribution >= 0.6 is 0 Å². The fourth-order valence-electron chi connectivity index (χ4n) is 10.1. The monoisotopic (exact) mass is 597 g/mol. The molecule has 0 aromatic heterocycles. The molecule has 3 saturated carbocycles. The van der Waals surface area contributed by atoms with Crippen LogP contribution in [0, 0.1) is 53.3 Å². The van der Waals surface area contributed by atoms with Gasteiger partial charge >= 0.3 is 5.97 Å². The largest absolute Gasteiger partial charge is 0.462 e. The average Bonchev–Trinajstić information content (AvgIpc) is 3.26. The zero-order valence-electron chi connectivity index (χ0n) is 27.1. The number of benzene rings is 1. The molecule has 3 fully saturated rings. The Morgan fingerprint density at radius 3 is 2.38 bits per heavy atom. The van der Waals surface area contributed by atoms with Crippen molar-refractivity contribution in [3.8, 4) is 0 Å². The fourth-order valence-corrected chi connectivity index (χ4v) is 11.3. The number of rotatable bonds is 9. The summed E-state index contributed by atoms with van der Waals surface area (Å²) in [6.45, 7) is 15.6. The zero-order valence-corrected chi connectivity index (χ0v) is 27.9. The van der Waals surface area contributed by atoms with Gasteiger partial charge in [-0.3, -0.25) is 4.79 Å². The van der Waals surface area contributed by atoms with Crippen LogP contribution in [0.3, 0.4) is 0 Å². The average molecular weight is 598 g/mol. The van der Waals surface area contributed by atoms with Gasteiger partial charge in [0.1, 0.15) is 6.10 Å². The van der Waals surface area contributed by atoms with Gasteiger partial charge in [0.25, 0.3) is 0 Å². The summed E-state index contributed by atoms with van der Waals surface area (Å²) in [4.78, 5) is 12.2. The molecule has 42 heavy (non-hydrogen) atoms. The van der Waals surface area contributed by atoms with Gasteiger partial charge in [-0.25, -0.2) is 13.1 Å². The van der Waals surface area contributed by atoms with E-state index in [9.17, 15) is 13.2 Å². The third kappa shape index (κ3) is 6.01. The van der Waals surface area contributed by atoms with Crippen LogP contribution in [0.4, 0.5) is 0 Å². The van der Waals surface area contributed by atoms with E-state index >= 15 is 0 Å². The SMILES string of the molecule is CC(=O)O[C@H]1CC[C@@]2(C)C(=C[C@@H](NS(=O)(=O)c3ccc(C)cc3)[C@H]3[C@@H]4CC[C@H]([C@H](C)CCCC(C)C)[C@@]4(C)CC[C@@H]32)C1. The molecule has 5 nitrogen and oxygen atoms in total. The standard InChI is InChI=1S/C36H55NO4S/c1-23(2)9-8-10-25(4)30-15-16-31-34-32(18-20-36(30,31)7)35(6)19-17-28(41-26(5)38)21-27(35)22-33(34)37-42(39,40)29-13-11-24(3)12-14-29/h11-14,22-23,25,28,30-34,37H,8-10,15-21H2,1-7H3/t25-,28+,30-,31+,32+,33-,34+,35+,36-/m1/s1. The lowest BCUT2D eigenvalue weighted by Gasteiger charge is -2.60. The molecule has 9 atom stereocenters. The molecule has 1 aromatic carbocycles. The Morgan fingerprint density at radius 1 is 1.00 bits per heavy atom. The van der Waals surface area contributed by atoms with Gasteiger partial charge in [-0.1, -0.05) is 83.2 Å². The van der Waals surface area contributed by atoms with E-state index in [-0.39, 0.29) is 34.9 Å². The molecule has 1 aromatic rings. The van der Waals surface area contributed by atoms with Crippen molar-refractivity contribution in [3.63, 3.8) is 0 Å². The van der Waals surface area contributed by atoms with Crippen LogP contribution in [0.5, 0.6) is 0 Å². The maximum Gasteiger partial charge on any atom is 0.302 e. The number of esters is 1. The van der Waals surface area contributed by atoms with Crippen molar-refractivity contribution in [2.24, 2.45) is 46.3 Å². The predicted molar refractivity (Wildman–Crippen MR) is 169 cm³/mol. The van der Waals surface area contributed by atoms with Gasteiger partial charge in [0.15, 0.2) is 0 Å². The lowest BCUT2D eigenvalue weighted by Crippen LogP contribution is -2.58. The maximum atomic E-state index is 13.8. The van der Waals surface area contributed by atoms with Crippen molar-refractivity contribution in [3.05, 3.63) is 41.5 Å². The van der Waals surface area contributed by atoms with Crippen LogP contribution in [-0.2, 0) is 19.6 Å². The first-order valence-corrected chi connectivity index (χ1v) is 18.2. The maximum absolute atomic E-state index is 13.8. The summed E-state index contributed by atoms with van der Waals surface area (Å²) in [5, 5.41) is 0. The van der Waals surface area contributed by atoms with E-state index in [4.69, 9.17) is 4.74 Å². The van der Waals surface area contributed by atoms with Gasteiger partial charge in [-0.15, -0.1) is 0 Å². The van der Waals surface area contributed by atoms with E-state index in [2.05, 4.69) is 45.4 Å². The van der Waals surface area contributed by atoms with E-state index in [1.165, 1.54) is 51.0 Å². The molecule has 0 amide bonds. The Morgan fingerprint density at radius 2 is 1.71 bits per heavy atom. The van der Waals surface area contributed by atoms with Crippen molar-refractivity contribution in [1.29, 1.82) is 0 Å². The minimum atomic E-state index is -3.70. The first-order chi connectivity index (χ1) is 19.7. The molecular formula is C36H55NO4S. The highest BCUT2D eigenvalue weighted by molar-refractivity contribution is 7.89. The van der Waals surface area contributed by atoms with Crippen LogP contribution in [0.15, 0.2) is 40.8 Å². The van der Waals surface area contributed by atoms with E-state index in [0.29, 0.717) is 35.0 Å². The molecule has 4 aliphatic carbocycles. The zero-order chi connectivity index (χ0) is 30.4. The number of carbonyl (C=O) groups excluding carboxylic acids is 1. The number of ether oxygens (including phenoxy) is 1. The highest BCUT2D eigenvalue weighted by atomic mass is 32.2. The van der Waals surface area contributed by atoms with E-state index < -0.39 is 10.0 Å². The van der Waals surface area contributed by atoms with Gasteiger partial charge in [-0.2, -0.15) is 0 Å². The molecule has 0 radical (unpaired) electrons. The molecule has 0 saturated heterocycles. The topological polar surface area (TPSA) is 72.5 Å². The van der Waals surface area contributed by atoms with Gasteiger partial charge in [0.05, 0.1) is 4.90 Å². The first-order valence-electron chi connectivity index (χ1n) is 16.7. The number of carbonyl (C=O) groups is 1. The number of fused-ring (bicyclic) bond motifs is 5. The molecule has 4 aliphatic rings. The van der Waals surface area contributed by atoms with Gasteiger partial charge in [-0.05, 0) is 104 Å². The molecular weight excluding hydrogens is 542 g/mol. The Labute approximate surface area is 255 Å². The van der Waals surface area contributed by atoms with Crippen molar-refractivity contribution < 1.29 is 17.9 Å². The van der Waals surface area contributed by atoms with Crippen molar-refractivity contribution in [1.82, 2.24) is 4.72 Å². The normalized spacial score (nSPS) is 36.9. The summed E-state index contributed by atoms with van der Waals surface area (Å²) in [6.07, 6.45) is 13.4. The molecule has 0 bridgehead atoms. The molecule has 5 rings (SSSR count). The van der Waals surface area contributed by atoms with Crippen LogP contribution in [-0.4, -0.2) is 26.5 Å². The summed E-state index contributed by atoms with van der Waals surface area (Å²) in [6, 6.07) is 6.95. The van der Waals surface area contributed by atoms with Crippen LogP contribution < -0.4 is 4.72 Å². The number of nitrogens with one attached hydrogen (secondary N) is 1. The Bertz CT molecular complexity index is 1270. The fraction of sp³-hybridized carbons (Fsp3) is 0.750. The summed E-state index contributed by atoms with van der Waals surface area (Å²) in [7, 11) is -3.70. The summed E-state index contributed by atoms with van der Waals surface area (Å²) in [5.41, 5.74) is 2.60. The first kappa shape index (κ1) is 31.8. The smallest absolute Gasteiger partial charge is 0.302 e. The van der Waals surface area contributed by atoms with Crippen molar-refractivity contribution in [2.75, 3.05) is 0 Å². The Kier molecular flexibility index (Phi) is 9.09. The minimum absolute atomic E-state index is 0.0232. The summed E-state index contributed by atoms with van der Waals surface area (Å²) < 4.78 is 36.6. The second-order valence-electron chi connectivity index (χ2n) is 15.4. The highest BCUT2D eigenvalue weighted by Crippen LogP contribution is 2.67. The van der Waals surface area contributed by atoms with E-state index in [0.717, 1.165) is 30.7 Å². The Hall–Kier alpha value is -1.66. The third-order valence-electron chi connectivity index (χ3n) is 12.3. The summed E-state index contributed by atoms with van der Waals surface area (Å²) in [5.74, 6) is 3.11. The summed E-state index contributed by atoms with van der Waals surface area (Å²) >= 11 is 0. The second-order valence-corrected chi connectivity index (χ2v) is 17.1. The molecule has 0 spiro atoms. The van der Waals surface area contributed by atoms with Gasteiger partial charge in [0, 0.05) is 19.4 Å². The van der Waals surface area contributed by atoms with Crippen molar-refractivity contribution in [2.45, 2.75) is 130 Å². The quantitative estimate of drug-likeness (QED) is 0.230. The molecule has 1 N–H and O–H groups in total. The van der Waals surface area contributed by atoms with E-state index in [1.54, 1.807) is 12.1 Å². The van der Waals surface area contributed by atoms with Gasteiger partial charge in [0.2, 0.25) is 10.0 Å². The number of hydrogen-bond donors (Lipinski definition) is 1. The second kappa shape index (κ2) is 12.0. The minimum Gasteiger partial charge on any atom is -0.462 e. The predicted octanol–water partition coefficient (Wildman–Crippen LogP) is 8.22. The van der Waals surface area contributed by atoms with Crippen LogP contribution in [0.25, 0.3) is 0 Å². The lowest BCUT2D eigenvalue weighted by molar-refractivity contribution is -0.148. The molecule has 0 heterocycles. The highest BCUT2D eigenvalue weighted by Gasteiger charge is 2.61. The number of sulfonamides is 1. The van der Waals surface area contributed by atoms with Crippen LogP contribution in [0.1, 0.15) is 111 Å².